The molecule has 0 radical (unpaired) electrons. The van der Waals surface area contributed by atoms with Gasteiger partial charge in [0.25, 0.3) is 5.91 Å². The third-order valence-corrected chi connectivity index (χ3v) is 6.45. The predicted octanol–water partition coefficient (Wildman–Crippen LogP) is 0.573. The van der Waals surface area contributed by atoms with E-state index < -0.39 is 48.4 Å². The first-order valence-electron chi connectivity index (χ1n) is 12.5. The van der Waals surface area contributed by atoms with Crippen molar-refractivity contribution in [2.75, 3.05) is 13.7 Å². The molecule has 1 saturated heterocycles. The molecule has 35 heavy (non-hydrogen) atoms. The Bertz CT molecular complexity index is 744. The van der Waals surface area contributed by atoms with E-state index >= 15 is 0 Å². The van der Waals surface area contributed by atoms with Crippen LogP contribution in [-0.4, -0.2) is 83.3 Å². The molecule has 10 heteroatoms. The molecule has 0 aromatic heterocycles. The van der Waals surface area contributed by atoms with Gasteiger partial charge in [0.05, 0.1) is 12.5 Å². The van der Waals surface area contributed by atoms with Gasteiger partial charge in [-0.05, 0) is 31.1 Å². The van der Waals surface area contributed by atoms with E-state index in [-0.39, 0.29) is 30.3 Å². The van der Waals surface area contributed by atoms with Crippen LogP contribution in [0, 0.1) is 11.3 Å². The lowest BCUT2D eigenvalue weighted by Crippen LogP contribution is -2.55. The Morgan fingerprint density at radius 2 is 1.71 bits per heavy atom. The van der Waals surface area contributed by atoms with E-state index in [0.717, 1.165) is 32.1 Å². The van der Waals surface area contributed by atoms with Crippen molar-refractivity contribution in [3.05, 3.63) is 12.2 Å². The predicted molar refractivity (Wildman–Crippen MR) is 128 cm³/mol. The van der Waals surface area contributed by atoms with E-state index in [9.17, 15) is 29.7 Å². The van der Waals surface area contributed by atoms with Crippen molar-refractivity contribution in [1.82, 2.24) is 10.6 Å². The van der Waals surface area contributed by atoms with Crippen LogP contribution in [0.2, 0.25) is 0 Å². The maximum Gasteiger partial charge on any atom is 0.309 e. The molecule has 0 aromatic rings. The number of hydrogen-bond acceptors (Lipinski definition) is 8. The Kier molecular flexibility index (Phi) is 11.1. The molecule has 5 N–H and O–H groups in total. The van der Waals surface area contributed by atoms with Crippen LogP contribution < -0.4 is 10.6 Å². The van der Waals surface area contributed by atoms with Gasteiger partial charge in [-0.3, -0.25) is 14.4 Å². The van der Waals surface area contributed by atoms with Crippen LogP contribution >= 0.6 is 0 Å². The molecule has 2 aliphatic rings. The minimum absolute atomic E-state index is 0.0952. The van der Waals surface area contributed by atoms with Crippen molar-refractivity contribution < 1.29 is 39.2 Å². The Labute approximate surface area is 207 Å². The van der Waals surface area contributed by atoms with Gasteiger partial charge in [-0.15, -0.1) is 0 Å². The molecule has 1 aliphatic heterocycles. The van der Waals surface area contributed by atoms with E-state index in [0.29, 0.717) is 6.42 Å². The van der Waals surface area contributed by atoms with E-state index in [1.54, 1.807) is 6.08 Å². The van der Waals surface area contributed by atoms with Crippen LogP contribution in [-0.2, 0) is 23.9 Å². The Hall–Kier alpha value is -2.01. The molecule has 2 rings (SSSR count). The molecule has 10 nitrogen and oxygen atoms in total. The average Bonchev–Trinajstić information content (AvgIpc) is 2.98. The molecular formula is C25H42N2O8. The molecule has 0 aromatic carbocycles. The van der Waals surface area contributed by atoms with Gasteiger partial charge in [0.2, 0.25) is 5.91 Å². The number of carbonyl (C=O) groups is 3. The maximum atomic E-state index is 12.8. The van der Waals surface area contributed by atoms with Crippen molar-refractivity contribution in [3.63, 3.8) is 0 Å². The molecule has 1 unspecified atom stereocenters. The fourth-order valence-electron chi connectivity index (χ4n) is 4.30. The fourth-order valence-corrected chi connectivity index (χ4v) is 4.30. The molecule has 6 atom stereocenters. The van der Waals surface area contributed by atoms with Crippen LogP contribution in [0.4, 0.5) is 0 Å². The standard InChI is InChI=1S/C25H42N2O8/c1-25(2,3)13-12-18(28)19(29)20(30)21(34-4)23(32)27-17-11-10-16(14-26-22(17)31)35-24(33)15-8-6-5-7-9-15/h12-13,15-21,28-30H,5-11,14H2,1-4H3,(H,26,31)(H,27,32)/b13-12+/t16-,17?,18-,19-,20-,21-/m1/s1. The lowest BCUT2D eigenvalue weighted by Gasteiger charge is -2.28. The molecule has 200 valence electrons. The highest BCUT2D eigenvalue weighted by Gasteiger charge is 2.38. The van der Waals surface area contributed by atoms with Gasteiger partial charge in [-0.1, -0.05) is 52.2 Å². The van der Waals surface area contributed by atoms with Crippen molar-refractivity contribution in [1.29, 1.82) is 0 Å². The smallest absolute Gasteiger partial charge is 0.309 e. The van der Waals surface area contributed by atoms with Crippen molar-refractivity contribution in [3.8, 4) is 0 Å². The number of hydrogen-bond donors (Lipinski definition) is 5. The zero-order valence-electron chi connectivity index (χ0n) is 21.2. The van der Waals surface area contributed by atoms with Gasteiger partial charge >= 0.3 is 5.97 Å². The van der Waals surface area contributed by atoms with Crippen LogP contribution in [0.3, 0.4) is 0 Å². The maximum absolute atomic E-state index is 12.8. The van der Waals surface area contributed by atoms with Gasteiger partial charge in [0.1, 0.15) is 30.5 Å². The average molecular weight is 499 g/mol. The first-order valence-corrected chi connectivity index (χ1v) is 12.5. The van der Waals surface area contributed by atoms with Crippen molar-refractivity contribution >= 4 is 17.8 Å². The molecule has 2 amide bonds. The summed E-state index contributed by atoms with van der Waals surface area (Å²) in [6.07, 6.45) is 1.61. The van der Waals surface area contributed by atoms with Crippen molar-refractivity contribution in [2.24, 2.45) is 11.3 Å². The number of nitrogens with one attached hydrogen (secondary N) is 2. The molecule has 0 bridgehead atoms. The number of methoxy groups -OCH3 is 1. The van der Waals surface area contributed by atoms with Crippen LogP contribution in [0.1, 0.15) is 65.7 Å². The minimum Gasteiger partial charge on any atom is -0.460 e. The summed E-state index contributed by atoms with van der Waals surface area (Å²) in [6.45, 7) is 5.88. The molecule has 1 saturated carbocycles. The van der Waals surface area contributed by atoms with Gasteiger partial charge in [-0.2, -0.15) is 0 Å². The molecule has 1 heterocycles. The van der Waals surface area contributed by atoms with Crippen LogP contribution in [0.5, 0.6) is 0 Å². The van der Waals surface area contributed by atoms with Gasteiger partial charge in [-0.25, -0.2) is 0 Å². The molecule has 1 aliphatic carbocycles. The summed E-state index contributed by atoms with van der Waals surface area (Å²) in [5.41, 5.74) is -0.251. The fraction of sp³-hybridized carbons (Fsp3) is 0.800. The van der Waals surface area contributed by atoms with E-state index in [2.05, 4.69) is 10.6 Å². The summed E-state index contributed by atoms with van der Waals surface area (Å²) >= 11 is 0. The van der Waals surface area contributed by atoms with Crippen LogP contribution in [0.15, 0.2) is 12.2 Å². The SMILES string of the molecule is CO[C@@H](C(=O)NC1CC[C@@H](OC(=O)C2CCCCC2)CNC1=O)[C@H](O)[C@H](O)[C@H](O)/C=C/C(C)(C)C. The molecule has 2 fully saturated rings. The Balaban J connectivity index is 1.92. The summed E-state index contributed by atoms with van der Waals surface area (Å²) in [6, 6.07) is -0.923. The van der Waals surface area contributed by atoms with E-state index in [1.165, 1.54) is 13.2 Å². The van der Waals surface area contributed by atoms with Crippen molar-refractivity contribution in [2.45, 2.75) is 102 Å². The molecular weight excluding hydrogens is 456 g/mol. The Morgan fingerprint density at radius 1 is 1.06 bits per heavy atom. The lowest BCUT2D eigenvalue weighted by molar-refractivity contribution is -0.155. The summed E-state index contributed by atoms with van der Waals surface area (Å²) < 4.78 is 10.7. The van der Waals surface area contributed by atoms with E-state index in [4.69, 9.17) is 9.47 Å². The number of aliphatic hydroxyl groups is 3. The van der Waals surface area contributed by atoms with Gasteiger partial charge in [0, 0.05) is 7.11 Å². The highest BCUT2D eigenvalue weighted by atomic mass is 16.5. The second-order valence-electron chi connectivity index (χ2n) is 10.6. The number of rotatable bonds is 9. The highest BCUT2D eigenvalue weighted by Crippen LogP contribution is 2.26. The zero-order chi connectivity index (χ0) is 26.2. The largest absolute Gasteiger partial charge is 0.460 e. The summed E-state index contributed by atoms with van der Waals surface area (Å²) in [7, 11) is 1.19. The van der Waals surface area contributed by atoms with Crippen LogP contribution in [0.25, 0.3) is 0 Å². The monoisotopic (exact) mass is 498 g/mol. The second kappa shape index (κ2) is 13.3. The minimum atomic E-state index is -1.74. The zero-order valence-corrected chi connectivity index (χ0v) is 21.2. The summed E-state index contributed by atoms with van der Waals surface area (Å²) in [4.78, 5) is 37.7. The third-order valence-electron chi connectivity index (χ3n) is 6.45. The summed E-state index contributed by atoms with van der Waals surface area (Å²) in [5.74, 6) is -1.57. The number of carbonyl (C=O) groups excluding carboxylic acids is 3. The van der Waals surface area contributed by atoms with E-state index in [1.807, 2.05) is 20.8 Å². The second-order valence-corrected chi connectivity index (χ2v) is 10.6. The quantitative estimate of drug-likeness (QED) is 0.228. The van der Waals surface area contributed by atoms with Gasteiger partial charge in [0.15, 0.2) is 6.10 Å². The highest BCUT2D eigenvalue weighted by molar-refractivity contribution is 5.89. The first kappa shape index (κ1) is 29.2. The number of allylic oxidation sites excluding steroid dienone is 1. The number of aliphatic hydroxyl groups excluding tert-OH is 3. The number of esters is 1. The third kappa shape index (κ3) is 9.18. The first-order chi connectivity index (χ1) is 16.4. The van der Waals surface area contributed by atoms with Gasteiger partial charge < -0.3 is 35.4 Å². The Morgan fingerprint density at radius 3 is 2.31 bits per heavy atom. The topological polar surface area (TPSA) is 154 Å². The lowest BCUT2D eigenvalue weighted by atomic mass is 9.89. The number of ether oxygens (including phenoxy) is 2. The normalized spacial score (nSPS) is 25.7. The summed E-state index contributed by atoms with van der Waals surface area (Å²) in [5, 5.41) is 36.2. The molecule has 0 spiro atoms. The number of amides is 2.